The quantitative estimate of drug-likeness (QED) is 0.578. The fourth-order valence-corrected chi connectivity index (χ4v) is 1.50. The van der Waals surface area contributed by atoms with Crippen molar-refractivity contribution in [2.24, 2.45) is 23.7 Å². The van der Waals surface area contributed by atoms with Crippen LogP contribution in [-0.2, 0) is 0 Å². The van der Waals surface area contributed by atoms with Crippen LogP contribution in [0.25, 0.3) is 0 Å². The molecule has 1 unspecified atom stereocenters. The lowest BCUT2D eigenvalue weighted by atomic mass is 9.78. The van der Waals surface area contributed by atoms with E-state index in [-0.39, 0.29) is 0 Å². The fraction of sp³-hybridized carbons (Fsp3) is 1.00. The topological polar surface area (TPSA) is 0 Å². The predicted molar refractivity (Wildman–Crippen MR) is 52.6 cm³/mol. The minimum atomic E-state index is 0.832. The molecule has 0 N–H and O–H groups in total. The molecule has 0 aliphatic heterocycles. The van der Waals surface area contributed by atoms with Gasteiger partial charge in [0.15, 0.2) is 0 Å². The van der Waals surface area contributed by atoms with Crippen LogP contribution in [-0.4, -0.2) is 0 Å². The molecule has 0 bridgehead atoms. The molecule has 0 heterocycles. The van der Waals surface area contributed by atoms with Crippen molar-refractivity contribution in [2.45, 2.75) is 48.0 Å². The minimum Gasteiger partial charge on any atom is -0.0651 e. The van der Waals surface area contributed by atoms with E-state index in [4.69, 9.17) is 0 Å². The summed E-state index contributed by atoms with van der Waals surface area (Å²) in [5, 5.41) is 0. The van der Waals surface area contributed by atoms with Crippen LogP contribution in [0.5, 0.6) is 0 Å². The molecule has 0 nitrogen and oxygen atoms in total. The Labute approximate surface area is 72.4 Å². The van der Waals surface area contributed by atoms with Gasteiger partial charge in [-0.05, 0) is 23.7 Å². The Hall–Kier alpha value is 0. The Morgan fingerprint density at radius 1 is 0.818 bits per heavy atom. The Bertz CT molecular complexity index is 94.2. The molecule has 0 spiro atoms. The van der Waals surface area contributed by atoms with E-state index in [1.54, 1.807) is 0 Å². The molecule has 0 saturated heterocycles. The third kappa shape index (κ3) is 3.27. The lowest BCUT2D eigenvalue weighted by molar-refractivity contribution is 0.219. The highest BCUT2D eigenvalue weighted by atomic mass is 14.2. The van der Waals surface area contributed by atoms with E-state index in [1.165, 1.54) is 6.42 Å². The van der Waals surface area contributed by atoms with Gasteiger partial charge in [0.1, 0.15) is 0 Å². The maximum Gasteiger partial charge on any atom is -0.0389 e. The summed E-state index contributed by atoms with van der Waals surface area (Å²) < 4.78 is 0. The first-order valence-corrected chi connectivity index (χ1v) is 5.00. The Balaban J connectivity index is 3.90. The van der Waals surface area contributed by atoms with Crippen molar-refractivity contribution in [2.75, 3.05) is 0 Å². The monoisotopic (exact) mass is 156 g/mol. The highest BCUT2D eigenvalue weighted by molar-refractivity contribution is 4.69. The summed E-state index contributed by atoms with van der Waals surface area (Å²) in [6, 6.07) is 0. The normalized spacial score (nSPS) is 19.9. The van der Waals surface area contributed by atoms with E-state index in [0.29, 0.717) is 0 Å². The second-order valence-corrected chi connectivity index (χ2v) is 4.35. The van der Waals surface area contributed by atoms with Gasteiger partial charge in [-0.15, -0.1) is 0 Å². The van der Waals surface area contributed by atoms with Crippen LogP contribution < -0.4 is 0 Å². The van der Waals surface area contributed by atoms with E-state index in [2.05, 4.69) is 41.5 Å². The van der Waals surface area contributed by atoms with Gasteiger partial charge in [0, 0.05) is 0 Å². The molecule has 0 radical (unpaired) electrons. The maximum atomic E-state index is 2.39. The van der Waals surface area contributed by atoms with Gasteiger partial charge in [-0.3, -0.25) is 0 Å². The lowest BCUT2D eigenvalue weighted by Crippen LogP contribution is -2.20. The van der Waals surface area contributed by atoms with E-state index >= 15 is 0 Å². The summed E-state index contributed by atoms with van der Waals surface area (Å²) in [6.07, 6.45) is 1.32. The first-order chi connectivity index (χ1) is 5.00. The van der Waals surface area contributed by atoms with Crippen LogP contribution in [0.15, 0.2) is 0 Å². The molecule has 0 aromatic heterocycles. The molecule has 0 aromatic rings. The molecule has 68 valence electrons. The Kier molecular flexibility index (Phi) is 4.79. The Morgan fingerprint density at radius 3 is 1.55 bits per heavy atom. The van der Waals surface area contributed by atoms with Crippen molar-refractivity contribution < 1.29 is 0 Å². The van der Waals surface area contributed by atoms with E-state index < -0.39 is 0 Å². The van der Waals surface area contributed by atoms with Crippen LogP contribution in [0.3, 0.4) is 0 Å². The standard InChI is InChI=1S/C11H24/c1-7-9(4)11(6)10(5)8(2)3/h8-11H,7H2,1-6H3/t9-,10-,11?/m1/s1. The molecule has 11 heavy (non-hydrogen) atoms. The molecule has 3 atom stereocenters. The largest absolute Gasteiger partial charge is 0.0651 e. The van der Waals surface area contributed by atoms with Crippen molar-refractivity contribution in [1.29, 1.82) is 0 Å². The maximum absolute atomic E-state index is 2.39. The molecule has 0 aromatic carbocycles. The van der Waals surface area contributed by atoms with Gasteiger partial charge >= 0.3 is 0 Å². The smallest absolute Gasteiger partial charge is 0.0389 e. The summed E-state index contributed by atoms with van der Waals surface area (Å²) in [5.74, 6) is 3.45. The number of hydrogen-bond acceptors (Lipinski definition) is 0. The minimum absolute atomic E-state index is 0.832. The van der Waals surface area contributed by atoms with Gasteiger partial charge in [0.05, 0.1) is 0 Å². The van der Waals surface area contributed by atoms with Crippen LogP contribution in [0.2, 0.25) is 0 Å². The lowest BCUT2D eigenvalue weighted by Gasteiger charge is -2.28. The summed E-state index contributed by atoms with van der Waals surface area (Å²) in [6.45, 7) is 14.1. The molecule has 0 aliphatic rings. The molecule has 0 aliphatic carbocycles. The zero-order valence-electron chi connectivity index (χ0n) is 9.02. The average molecular weight is 156 g/mol. The molecule has 0 amide bonds. The first-order valence-electron chi connectivity index (χ1n) is 5.00. The zero-order chi connectivity index (χ0) is 9.02. The van der Waals surface area contributed by atoms with Crippen molar-refractivity contribution in [1.82, 2.24) is 0 Å². The van der Waals surface area contributed by atoms with E-state index in [9.17, 15) is 0 Å². The van der Waals surface area contributed by atoms with Gasteiger partial charge in [-0.2, -0.15) is 0 Å². The summed E-state index contributed by atoms with van der Waals surface area (Å²) in [7, 11) is 0. The highest BCUT2D eigenvalue weighted by Gasteiger charge is 2.19. The van der Waals surface area contributed by atoms with Crippen molar-refractivity contribution in [3.63, 3.8) is 0 Å². The second kappa shape index (κ2) is 4.79. The third-order valence-electron chi connectivity index (χ3n) is 3.42. The fourth-order valence-electron chi connectivity index (χ4n) is 1.50. The SMILES string of the molecule is CC[C@@H](C)C(C)[C@H](C)C(C)C. The number of rotatable bonds is 4. The molecule has 0 rings (SSSR count). The van der Waals surface area contributed by atoms with Crippen molar-refractivity contribution >= 4 is 0 Å². The average Bonchev–Trinajstić information content (AvgIpc) is 2.00. The van der Waals surface area contributed by atoms with E-state index in [0.717, 1.165) is 23.7 Å². The van der Waals surface area contributed by atoms with Crippen LogP contribution in [0, 0.1) is 23.7 Å². The van der Waals surface area contributed by atoms with E-state index in [1.807, 2.05) is 0 Å². The van der Waals surface area contributed by atoms with Crippen molar-refractivity contribution in [3.05, 3.63) is 0 Å². The highest BCUT2D eigenvalue weighted by Crippen LogP contribution is 2.27. The summed E-state index contributed by atoms with van der Waals surface area (Å²) in [5.41, 5.74) is 0. The third-order valence-corrected chi connectivity index (χ3v) is 3.42. The van der Waals surface area contributed by atoms with Crippen LogP contribution in [0.1, 0.15) is 48.0 Å². The van der Waals surface area contributed by atoms with Gasteiger partial charge in [-0.1, -0.05) is 48.0 Å². The summed E-state index contributed by atoms with van der Waals surface area (Å²) in [4.78, 5) is 0. The molecule has 0 saturated carbocycles. The van der Waals surface area contributed by atoms with Gasteiger partial charge in [0.2, 0.25) is 0 Å². The van der Waals surface area contributed by atoms with Crippen LogP contribution >= 0.6 is 0 Å². The summed E-state index contributed by atoms with van der Waals surface area (Å²) >= 11 is 0. The van der Waals surface area contributed by atoms with Gasteiger partial charge < -0.3 is 0 Å². The van der Waals surface area contributed by atoms with Gasteiger partial charge in [-0.25, -0.2) is 0 Å². The van der Waals surface area contributed by atoms with Gasteiger partial charge in [0.25, 0.3) is 0 Å². The number of hydrogen-bond donors (Lipinski definition) is 0. The van der Waals surface area contributed by atoms with Crippen molar-refractivity contribution in [3.8, 4) is 0 Å². The first kappa shape index (κ1) is 11.0. The Morgan fingerprint density at radius 2 is 1.27 bits per heavy atom. The zero-order valence-corrected chi connectivity index (χ0v) is 9.02. The molecule has 0 fully saturated rings. The van der Waals surface area contributed by atoms with Crippen LogP contribution in [0.4, 0.5) is 0 Å². The predicted octanol–water partition coefficient (Wildman–Crippen LogP) is 3.96. The second-order valence-electron chi connectivity index (χ2n) is 4.35. The molecule has 0 heteroatoms. The molecular weight excluding hydrogens is 132 g/mol. The molecular formula is C11H24.